The van der Waals surface area contributed by atoms with Crippen LogP contribution in [-0.2, 0) is 0 Å². The van der Waals surface area contributed by atoms with Crippen molar-refractivity contribution in [2.45, 2.75) is 39.0 Å². The molecule has 0 aromatic heterocycles. The van der Waals surface area contributed by atoms with Gasteiger partial charge in [0.1, 0.15) is 0 Å². The van der Waals surface area contributed by atoms with Gasteiger partial charge >= 0.3 is 0 Å². The molecule has 0 unspecified atom stereocenters. The van der Waals surface area contributed by atoms with Crippen molar-refractivity contribution in [1.29, 1.82) is 10.8 Å². The van der Waals surface area contributed by atoms with Crippen LogP contribution in [0.5, 0.6) is 0 Å². The van der Waals surface area contributed by atoms with Gasteiger partial charge in [0.15, 0.2) is 11.9 Å². The van der Waals surface area contributed by atoms with Crippen LogP contribution in [0.25, 0.3) is 0 Å². The Morgan fingerprint density at radius 2 is 1.35 bits per heavy atom. The molecule has 0 bridgehead atoms. The van der Waals surface area contributed by atoms with Crippen LogP contribution in [0.4, 0.5) is 0 Å². The summed E-state index contributed by atoms with van der Waals surface area (Å²) in [5, 5.41) is 20.0. The van der Waals surface area contributed by atoms with Crippen molar-refractivity contribution in [1.82, 2.24) is 20.4 Å². The minimum Gasteiger partial charge on any atom is -0.370 e. The van der Waals surface area contributed by atoms with Crippen LogP contribution in [0.15, 0.2) is 12.2 Å². The Balaban J connectivity index is 3.89. The van der Waals surface area contributed by atoms with Crippen molar-refractivity contribution < 1.29 is 0 Å². The lowest BCUT2D eigenvalue weighted by Gasteiger charge is -2.22. The molecule has 26 heavy (non-hydrogen) atoms. The molecule has 0 aliphatic rings. The lowest BCUT2D eigenvalue weighted by Crippen LogP contribution is -2.34. The third-order valence-corrected chi connectivity index (χ3v) is 4.03. The van der Waals surface area contributed by atoms with Crippen molar-refractivity contribution in [3.8, 4) is 0 Å². The molecule has 0 atom stereocenters. The van der Waals surface area contributed by atoms with E-state index in [1.807, 2.05) is 0 Å². The first-order valence-electron chi connectivity index (χ1n) is 9.67. The highest BCUT2D eigenvalue weighted by Gasteiger charge is 2.04. The van der Waals surface area contributed by atoms with Crippen LogP contribution in [0, 0.1) is 10.8 Å². The summed E-state index contributed by atoms with van der Waals surface area (Å²) in [4.78, 5) is 4.80. The SMILES string of the molecule is CCC=CCN(CCCCN(C)CCCNC(=N)N)CCCNC(=N)N. The molecule has 0 heterocycles. The molecule has 0 amide bonds. The van der Waals surface area contributed by atoms with E-state index in [-0.39, 0.29) is 11.9 Å². The van der Waals surface area contributed by atoms with Gasteiger partial charge in [-0.05, 0) is 58.8 Å². The minimum atomic E-state index is 0.0448. The summed E-state index contributed by atoms with van der Waals surface area (Å²) in [7, 11) is 2.14. The zero-order valence-electron chi connectivity index (χ0n) is 16.7. The first-order chi connectivity index (χ1) is 12.5. The van der Waals surface area contributed by atoms with Crippen molar-refractivity contribution >= 4 is 11.9 Å². The highest BCUT2D eigenvalue weighted by Crippen LogP contribution is 2.00. The molecule has 0 aliphatic heterocycles. The number of rotatable bonds is 16. The molecule has 0 spiro atoms. The van der Waals surface area contributed by atoms with Gasteiger partial charge in [-0.15, -0.1) is 0 Å². The topological polar surface area (TPSA) is 130 Å². The summed E-state index contributed by atoms with van der Waals surface area (Å²) in [6.07, 6.45) is 9.86. The van der Waals surface area contributed by atoms with E-state index < -0.39 is 0 Å². The Morgan fingerprint density at radius 1 is 0.846 bits per heavy atom. The molecular formula is C18H40N8. The van der Waals surface area contributed by atoms with Gasteiger partial charge in [0, 0.05) is 26.2 Å². The normalized spacial score (nSPS) is 11.4. The van der Waals surface area contributed by atoms with E-state index in [0.717, 1.165) is 65.1 Å². The van der Waals surface area contributed by atoms with Gasteiger partial charge in [-0.25, -0.2) is 0 Å². The highest BCUT2D eigenvalue weighted by molar-refractivity contribution is 5.74. The fraction of sp³-hybridized carbons (Fsp3) is 0.778. The highest BCUT2D eigenvalue weighted by atomic mass is 15.1. The van der Waals surface area contributed by atoms with Crippen LogP contribution >= 0.6 is 0 Å². The summed E-state index contributed by atoms with van der Waals surface area (Å²) in [5.74, 6) is 0.0901. The van der Waals surface area contributed by atoms with Gasteiger partial charge in [-0.3, -0.25) is 15.7 Å². The molecule has 8 heteroatoms. The second kappa shape index (κ2) is 16.7. The van der Waals surface area contributed by atoms with Crippen LogP contribution < -0.4 is 22.1 Å². The molecule has 0 aromatic carbocycles. The molecular weight excluding hydrogens is 328 g/mol. The number of guanidine groups is 2. The summed E-state index contributed by atoms with van der Waals surface area (Å²) in [5.41, 5.74) is 10.6. The maximum absolute atomic E-state index is 7.19. The first kappa shape index (κ1) is 24.2. The maximum atomic E-state index is 7.19. The van der Waals surface area contributed by atoms with Gasteiger partial charge in [0.05, 0.1) is 0 Å². The molecule has 0 aromatic rings. The third-order valence-electron chi connectivity index (χ3n) is 4.03. The van der Waals surface area contributed by atoms with Gasteiger partial charge in [0.2, 0.25) is 0 Å². The number of nitrogens with one attached hydrogen (secondary N) is 4. The zero-order chi connectivity index (χ0) is 19.6. The van der Waals surface area contributed by atoms with Crippen LogP contribution in [0.3, 0.4) is 0 Å². The van der Waals surface area contributed by atoms with Gasteiger partial charge < -0.3 is 27.0 Å². The van der Waals surface area contributed by atoms with E-state index in [0.29, 0.717) is 0 Å². The number of hydrogen-bond donors (Lipinski definition) is 6. The second-order valence-electron chi connectivity index (χ2n) is 6.58. The van der Waals surface area contributed by atoms with E-state index in [9.17, 15) is 0 Å². The maximum Gasteiger partial charge on any atom is 0.185 e. The lowest BCUT2D eigenvalue weighted by molar-refractivity contribution is 0.273. The van der Waals surface area contributed by atoms with E-state index in [4.69, 9.17) is 22.3 Å². The number of nitrogens with two attached hydrogens (primary N) is 2. The first-order valence-corrected chi connectivity index (χ1v) is 9.67. The summed E-state index contributed by atoms with van der Waals surface area (Å²) in [6, 6.07) is 0. The summed E-state index contributed by atoms with van der Waals surface area (Å²) in [6.45, 7) is 8.85. The van der Waals surface area contributed by atoms with Crippen molar-refractivity contribution in [2.24, 2.45) is 11.5 Å². The summed E-state index contributed by atoms with van der Waals surface area (Å²) < 4.78 is 0. The Kier molecular flexibility index (Phi) is 15.5. The molecule has 0 rings (SSSR count). The average molecular weight is 369 g/mol. The van der Waals surface area contributed by atoms with Crippen LogP contribution in [0.1, 0.15) is 39.0 Å². The van der Waals surface area contributed by atoms with Crippen molar-refractivity contribution in [3.05, 3.63) is 12.2 Å². The molecule has 0 saturated carbocycles. The van der Waals surface area contributed by atoms with Gasteiger partial charge in [0.25, 0.3) is 0 Å². The van der Waals surface area contributed by atoms with E-state index in [1.54, 1.807) is 0 Å². The minimum absolute atomic E-state index is 0.0448. The molecule has 0 fully saturated rings. The summed E-state index contributed by atoms with van der Waals surface area (Å²) >= 11 is 0. The lowest BCUT2D eigenvalue weighted by atomic mass is 10.2. The van der Waals surface area contributed by atoms with Crippen LogP contribution in [-0.4, -0.2) is 74.6 Å². The van der Waals surface area contributed by atoms with E-state index in [1.165, 1.54) is 12.8 Å². The number of allylic oxidation sites excluding steroid dienone is 1. The number of hydrogen-bond acceptors (Lipinski definition) is 4. The standard InChI is InChI=1S/C18H40N8/c1-3-4-5-14-26(16-9-11-24-18(21)22)15-7-6-12-25(2)13-8-10-23-17(19)20/h4-5H,3,6-16H2,1-2H3,(H4,19,20,23)(H4,21,22,24). The number of nitrogens with zero attached hydrogens (tertiary/aromatic N) is 2. The monoisotopic (exact) mass is 368 g/mol. The smallest absolute Gasteiger partial charge is 0.185 e. The zero-order valence-corrected chi connectivity index (χ0v) is 16.7. The predicted molar refractivity (Wildman–Crippen MR) is 112 cm³/mol. The molecule has 0 radical (unpaired) electrons. The van der Waals surface area contributed by atoms with E-state index in [2.05, 4.69) is 46.6 Å². The van der Waals surface area contributed by atoms with Gasteiger partial charge in [-0.1, -0.05) is 19.1 Å². The Bertz CT molecular complexity index is 397. The average Bonchev–Trinajstić information content (AvgIpc) is 2.58. The van der Waals surface area contributed by atoms with E-state index >= 15 is 0 Å². The fourth-order valence-electron chi connectivity index (χ4n) is 2.61. The van der Waals surface area contributed by atoms with Crippen molar-refractivity contribution in [3.63, 3.8) is 0 Å². The second-order valence-corrected chi connectivity index (χ2v) is 6.58. The Morgan fingerprint density at radius 3 is 1.92 bits per heavy atom. The predicted octanol–water partition coefficient (Wildman–Crippen LogP) is 0.713. The quantitative estimate of drug-likeness (QED) is 0.103. The van der Waals surface area contributed by atoms with Crippen LogP contribution in [0.2, 0.25) is 0 Å². The molecule has 8 N–H and O–H groups in total. The van der Waals surface area contributed by atoms with Crippen molar-refractivity contribution in [2.75, 3.05) is 52.9 Å². The molecule has 0 saturated heterocycles. The van der Waals surface area contributed by atoms with Gasteiger partial charge in [-0.2, -0.15) is 0 Å². The molecule has 8 nitrogen and oxygen atoms in total. The largest absolute Gasteiger partial charge is 0.370 e. The fourth-order valence-corrected chi connectivity index (χ4v) is 2.61. The Labute approximate surface area is 159 Å². The molecule has 0 aliphatic carbocycles. The molecule has 152 valence electrons. The third kappa shape index (κ3) is 17.0. The Hall–Kier alpha value is -1.80. The number of unbranched alkanes of at least 4 members (excludes halogenated alkanes) is 1.